The van der Waals surface area contributed by atoms with E-state index in [1.165, 1.54) is 0 Å². The first kappa shape index (κ1) is 19.3. The van der Waals surface area contributed by atoms with Crippen molar-refractivity contribution in [2.45, 2.75) is 39.7 Å². The number of nitriles is 1. The molecule has 0 spiro atoms. The number of carbonyl (C=O) groups is 1. The maximum atomic E-state index is 12.6. The number of anilines is 1. The summed E-state index contributed by atoms with van der Waals surface area (Å²) >= 11 is 0. The van der Waals surface area contributed by atoms with Gasteiger partial charge in [0.05, 0.1) is 12.6 Å². The Morgan fingerprint density at radius 2 is 1.96 bits per heavy atom. The molecule has 1 N–H and O–H groups in total. The average Bonchev–Trinajstić information content (AvgIpc) is 3.06. The number of amides is 1. The third-order valence-corrected chi connectivity index (χ3v) is 4.79. The molecule has 7 nitrogen and oxygen atoms in total. The van der Waals surface area contributed by atoms with Gasteiger partial charge in [0.1, 0.15) is 6.04 Å². The maximum absolute atomic E-state index is 12.6. The molecule has 0 saturated carbocycles. The first-order chi connectivity index (χ1) is 11.8. The summed E-state index contributed by atoms with van der Waals surface area (Å²) < 4.78 is 0. The zero-order valence-corrected chi connectivity index (χ0v) is 16.0. The van der Waals surface area contributed by atoms with Crippen LogP contribution in [0.2, 0.25) is 0 Å². The smallest absolute Gasteiger partial charge is 0.242 e. The van der Waals surface area contributed by atoms with Crippen molar-refractivity contribution in [2.24, 2.45) is 5.92 Å². The molecule has 0 aliphatic carbocycles. The molecule has 7 heteroatoms. The highest BCUT2D eigenvalue weighted by Gasteiger charge is 2.28. The summed E-state index contributed by atoms with van der Waals surface area (Å²) in [5, 5.41) is 16.6. The lowest BCUT2D eigenvalue weighted by atomic mass is 10.0. The standard InChI is InChI=1S/C18H30N6O/c1-13(2)15-10-17(21-20-15)22(5)12-18(25)24-8-6-23(7-9-24)16(11-19)14(3)4/h10,13-14,16H,6-9,12H2,1-5H3,(H,20,21)/t16-/m0/s1. The Hall–Kier alpha value is -2.07. The van der Waals surface area contributed by atoms with E-state index in [2.05, 4.69) is 48.9 Å². The summed E-state index contributed by atoms with van der Waals surface area (Å²) in [6, 6.07) is 4.31. The van der Waals surface area contributed by atoms with Crippen LogP contribution in [-0.4, -0.2) is 71.7 Å². The van der Waals surface area contributed by atoms with E-state index in [-0.39, 0.29) is 11.9 Å². The Morgan fingerprint density at radius 1 is 1.32 bits per heavy atom. The third kappa shape index (κ3) is 4.73. The van der Waals surface area contributed by atoms with Crippen LogP contribution >= 0.6 is 0 Å². The molecule has 1 aliphatic rings. The molecule has 1 atom stereocenters. The van der Waals surface area contributed by atoms with Gasteiger partial charge < -0.3 is 9.80 Å². The molecule has 1 amide bonds. The Bertz CT molecular complexity index is 609. The van der Waals surface area contributed by atoms with Gasteiger partial charge in [-0.05, 0) is 11.8 Å². The van der Waals surface area contributed by atoms with E-state index in [1.807, 2.05) is 22.9 Å². The Morgan fingerprint density at radius 3 is 2.44 bits per heavy atom. The molecule has 138 valence electrons. The zero-order chi connectivity index (χ0) is 18.6. The van der Waals surface area contributed by atoms with Crippen LogP contribution in [0.3, 0.4) is 0 Å². The molecule has 1 saturated heterocycles. The van der Waals surface area contributed by atoms with Gasteiger partial charge in [0.2, 0.25) is 5.91 Å². The van der Waals surface area contributed by atoms with Crippen LogP contribution in [-0.2, 0) is 4.79 Å². The highest BCUT2D eigenvalue weighted by Crippen LogP contribution is 2.18. The number of aromatic amines is 1. The molecule has 0 unspecified atom stereocenters. The van der Waals surface area contributed by atoms with Crippen molar-refractivity contribution >= 4 is 11.7 Å². The second kappa shape index (κ2) is 8.34. The third-order valence-electron chi connectivity index (χ3n) is 4.79. The number of H-pyrrole nitrogens is 1. The molecule has 2 heterocycles. The molecular weight excluding hydrogens is 316 g/mol. The number of nitrogens with one attached hydrogen (secondary N) is 1. The summed E-state index contributed by atoms with van der Waals surface area (Å²) in [4.78, 5) is 18.5. The summed E-state index contributed by atoms with van der Waals surface area (Å²) in [5.41, 5.74) is 1.07. The predicted octanol–water partition coefficient (Wildman–Crippen LogP) is 1.66. The zero-order valence-electron chi connectivity index (χ0n) is 16.0. The largest absolute Gasteiger partial charge is 0.349 e. The van der Waals surface area contributed by atoms with Gasteiger partial charge in [-0.2, -0.15) is 10.4 Å². The van der Waals surface area contributed by atoms with E-state index in [4.69, 9.17) is 0 Å². The SMILES string of the molecule is CC(C)c1cc(N(C)CC(=O)N2CCN([C@@H](C#N)C(C)C)CC2)n[nH]1. The number of rotatable bonds is 6. The van der Waals surface area contributed by atoms with E-state index < -0.39 is 0 Å². The molecule has 0 radical (unpaired) electrons. The quantitative estimate of drug-likeness (QED) is 0.847. The number of aromatic nitrogens is 2. The Labute approximate surface area is 150 Å². The van der Waals surface area contributed by atoms with Crippen molar-refractivity contribution in [1.82, 2.24) is 20.0 Å². The highest BCUT2D eigenvalue weighted by molar-refractivity contribution is 5.81. The summed E-state index contributed by atoms with van der Waals surface area (Å²) in [6.45, 7) is 11.5. The minimum absolute atomic E-state index is 0.0709. The van der Waals surface area contributed by atoms with Gasteiger partial charge in [-0.3, -0.25) is 14.8 Å². The van der Waals surface area contributed by atoms with Crippen molar-refractivity contribution < 1.29 is 4.79 Å². The van der Waals surface area contributed by atoms with Gasteiger partial charge >= 0.3 is 0 Å². The second-order valence-electron chi connectivity index (χ2n) is 7.43. The van der Waals surface area contributed by atoms with Crippen LogP contribution in [0, 0.1) is 17.2 Å². The van der Waals surface area contributed by atoms with Crippen molar-refractivity contribution in [3.8, 4) is 6.07 Å². The molecule has 0 bridgehead atoms. The van der Waals surface area contributed by atoms with Crippen molar-refractivity contribution in [3.05, 3.63) is 11.8 Å². The number of hydrogen-bond acceptors (Lipinski definition) is 5. The van der Waals surface area contributed by atoms with Crippen molar-refractivity contribution in [1.29, 1.82) is 5.26 Å². The van der Waals surface area contributed by atoms with E-state index in [1.54, 1.807) is 0 Å². The van der Waals surface area contributed by atoms with Gasteiger partial charge in [-0.15, -0.1) is 0 Å². The Balaban J connectivity index is 1.87. The van der Waals surface area contributed by atoms with Gasteiger partial charge in [-0.1, -0.05) is 27.7 Å². The number of nitrogens with zero attached hydrogens (tertiary/aromatic N) is 5. The number of likely N-dealkylation sites (N-methyl/N-ethyl adjacent to an activating group) is 1. The fraction of sp³-hybridized carbons (Fsp3) is 0.722. The summed E-state index contributed by atoms with van der Waals surface area (Å²) in [6.07, 6.45) is 0. The lowest BCUT2D eigenvalue weighted by molar-refractivity contribution is -0.131. The van der Waals surface area contributed by atoms with Crippen LogP contribution in [0.1, 0.15) is 39.3 Å². The van der Waals surface area contributed by atoms with Gasteiger partial charge in [-0.25, -0.2) is 0 Å². The van der Waals surface area contributed by atoms with E-state index in [9.17, 15) is 10.1 Å². The van der Waals surface area contributed by atoms with Crippen LogP contribution in [0.4, 0.5) is 5.82 Å². The molecule has 1 aromatic heterocycles. The summed E-state index contributed by atoms with van der Waals surface area (Å²) in [5.74, 6) is 1.58. The minimum Gasteiger partial charge on any atom is -0.349 e. The van der Waals surface area contributed by atoms with Crippen LogP contribution < -0.4 is 4.90 Å². The normalized spacial score (nSPS) is 17.0. The fourth-order valence-corrected chi connectivity index (χ4v) is 3.10. The minimum atomic E-state index is -0.0709. The molecular formula is C18H30N6O. The van der Waals surface area contributed by atoms with Crippen molar-refractivity contribution in [3.63, 3.8) is 0 Å². The van der Waals surface area contributed by atoms with Gasteiger partial charge in [0.15, 0.2) is 5.82 Å². The first-order valence-corrected chi connectivity index (χ1v) is 9.01. The number of piperazine rings is 1. The average molecular weight is 346 g/mol. The van der Waals surface area contributed by atoms with E-state index in [0.29, 0.717) is 31.5 Å². The monoisotopic (exact) mass is 346 g/mol. The van der Waals surface area contributed by atoms with Gasteiger partial charge in [0, 0.05) is 45.0 Å². The molecule has 25 heavy (non-hydrogen) atoms. The molecule has 0 aromatic carbocycles. The number of carbonyl (C=O) groups excluding carboxylic acids is 1. The second-order valence-corrected chi connectivity index (χ2v) is 7.43. The topological polar surface area (TPSA) is 79.3 Å². The van der Waals surface area contributed by atoms with E-state index in [0.717, 1.165) is 24.6 Å². The lowest BCUT2D eigenvalue weighted by Gasteiger charge is -2.38. The fourth-order valence-electron chi connectivity index (χ4n) is 3.10. The van der Waals surface area contributed by atoms with E-state index >= 15 is 0 Å². The van der Waals surface area contributed by atoms with Crippen LogP contribution in [0.25, 0.3) is 0 Å². The number of hydrogen-bond donors (Lipinski definition) is 1. The van der Waals surface area contributed by atoms with Crippen molar-refractivity contribution in [2.75, 3.05) is 44.7 Å². The van der Waals surface area contributed by atoms with Crippen LogP contribution in [0.15, 0.2) is 6.07 Å². The highest BCUT2D eigenvalue weighted by atomic mass is 16.2. The first-order valence-electron chi connectivity index (χ1n) is 9.01. The van der Waals surface area contributed by atoms with Gasteiger partial charge in [0.25, 0.3) is 0 Å². The lowest BCUT2D eigenvalue weighted by Crippen LogP contribution is -2.54. The molecule has 1 fully saturated rings. The van der Waals surface area contributed by atoms with Crippen LogP contribution in [0.5, 0.6) is 0 Å². The summed E-state index contributed by atoms with van der Waals surface area (Å²) in [7, 11) is 1.89. The molecule has 1 aliphatic heterocycles. The molecule has 2 rings (SSSR count). The maximum Gasteiger partial charge on any atom is 0.242 e. The Kier molecular flexibility index (Phi) is 6.43. The predicted molar refractivity (Wildman–Crippen MR) is 98.3 cm³/mol. The molecule has 1 aromatic rings.